The highest BCUT2D eigenvalue weighted by Crippen LogP contribution is 2.28. The molecule has 22 heavy (non-hydrogen) atoms. The van der Waals surface area contributed by atoms with E-state index in [-0.39, 0.29) is 12.1 Å². The van der Waals surface area contributed by atoms with Crippen LogP contribution in [0.25, 0.3) is 0 Å². The third-order valence-electron chi connectivity index (χ3n) is 4.10. The summed E-state index contributed by atoms with van der Waals surface area (Å²) in [4.78, 5) is 0. The van der Waals surface area contributed by atoms with Gasteiger partial charge in [0.05, 0.1) is 19.8 Å². The second-order valence-electron chi connectivity index (χ2n) is 6.53. The maximum absolute atomic E-state index is 10.0. The van der Waals surface area contributed by atoms with Crippen LogP contribution in [0.1, 0.15) is 45.1 Å². The summed E-state index contributed by atoms with van der Waals surface area (Å²) in [7, 11) is 1.66. The molecule has 1 saturated carbocycles. The van der Waals surface area contributed by atoms with Gasteiger partial charge in [-0.3, -0.25) is 0 Å². The molecular formula is C18H29NO3. The molecule has 0 radical (unpaired) electrons. The number of aliphatic hydroxyl groups excluding tert-OH is 1. The predicted molar refractivity (Wildman–Crippen MR) is 88.4 cm³/mol. The molecule has 4 nitrogen and oxygen atoms in total. The molecule has 0 bridgehead atoms. The fourth-order valence-electron chi connectivity index (χ4n) is 2.80. The first-order valence-corrected chi connectivity index (χ1v) is 8.31. The van der Waals surface area contributed by atoms with Gasteiger partial charge in [-0.25, -0.2) is 0 Å². The number of hydrogen-bond acceptors (Lipinski definition) is 4. The van der Waals surface area contributed by atoms with Gasteiger partial charge in [-0.05, 0) is 36.5 Å². The van der Waals surface area contributed by atoms with E-state index in [0.29, 0.717) is 12.5 Å². The van der Waals surface area contributed by atoms with Crippen molar-refractivity contribution in [2.24, 2.45) is 5.92 Å². The molecule has 2 N–H and O–H groups in total. The van der Waals surface area contributed by atoms with E-state index >= 15 is 0 Å². The van der Waals surface area contributed by atoms with Crippen molar-refractivity contribution in [2.75, 3.05) is 13.7 Å². The Morgan fingerprint density at radius 1 is 1.23 bits per heavy atom. The van der Waals surface area contributed by atoms with E-state index in [9.17, 15) is 5.11 Å². The molecule has 0 amide bonds. The Morgan fingerprint density at radius 3 is 2.68 bits per heavy atom. The van der Waals surface area contributed by atoms with E-state index in [1.165, 1.54) is 6.42 Å². The average Bonchev–Trinajstić information content (AvgIpc) is 2.52. The summed E-state index contributed by atoms with van der Waals surface area (Å²) in [6, 6.07) is 6.23. The molecule has 2 unspecified atom stereocenters. The topological polar surface area (TPSA) is 50.7 Å². The standard InChI is InChI=1S/C18H29NO3/c1-13(2)12-22-18-10-14(8-9-17(18)21-3)11-19-15-6-4-5-7-16(15)20/h8-10,13,15-16,19-20H,4-7,11-12H2,1-3H3. The lowest BCUT2D eigenvalue weighted by Crippen LogP contribution is -2.41. The van der Waals surface area contributed by atoms with E-state index in [2.05, 4.69) is 19.2 Å². The van der Waals surface area contributed by atoms with Crippen LogP contribution in [0.3, 0.4) is 0 Å². The largest absolute Gasteiger partial charge is 0.493 e. The quantitative estimate of drug-likeness (QED) is 0.812. The molecule has 0 saturated heterocycles. The summed E-state index contributed by atoms with van der Waals surface area (Å²) in [5.41, 5.74) is 1.15. The van der Waals surface area contributed by atoms with Gasteiger partial charge in [0.2, 0.25) is 0 Å². The van der Waals surface area contributed by atoms with Crippen LogP contribution < -0.4 is 14.8 Å². The first-order valence-electron chi connectivity index (χ1n) is 8.31. The van der Waals surface area contributed by atoms with Crippen molar-refractivity contribution in [3.63, 3.8) is 0 Å². The van der Waals surface area contributed by atoms with Crippen LogP contribution in [0, 0.1) is 5.92 Å². The number of methoxy groups -OCH3 is 1. The van der Waals surface area contributed by atoms with Crippen molar-refractivity contribution in [1.82, 2.24) is 5.32 Å². The van der Waals surface area contributed by atoms with Crippen molar-refractivity contribution in [2.45, 2.75) is 58.2 Å². The first kappa shape index (κ1) is 17.1. The normalized spacial score (nSPS) is 21.9. The van der Waals surface area contributed by atoms with Crippen molar-refractivity contribution < 1.29 is 14.6 Å². The van der Waals surface area contributed by atoms with Crippen LogP contribution in [0.5, 0.6) is 11.5 Å². The SMILES string of the molecule is COc1ccc(CNC2CCCCC2O)cc1OCC(C)C. The van der Waals surface area contributed by atoms with Crippen LogP contribution >= 0.6 is 0 Å². The number of ether oxygens (including phenoxy) is 2. The summed E-state index contributed by atoms with van der Waals surface area (Å²) < 4.78 is 11.2. The molecule has 2 rings (SSSR count). The molecule has 1 aliphatic rings. The second-order valence-corrected chi connectivity index (χ2v) is 6.53. The summed E-state index contributed by atoms with van der Waals surface area (Å²) >= 11 is 0. The summed E-state index contributed by atoms with van der Waals surface area (Å²) in [5, 5.41) is 13.5. The molecule has 0 aliphatic heterocycles. The van der Waals surface area contributed by atoms with Crippen molar-refractivity contribution in [3.05, 3.63) is 23.8 Å². The van der Waals surface area contributed by atoms with E-state index in [4.69, 9.17) is 9.47 Å². The Bertz CT molecular complexity index is 462. The van der Waals surface area contributed by atoms with Gasteiger partial charge in [0.15, 0.2) is 11.5 Å². The van der Waals surface area contributed by atoms with Crippen molar-refractivity contribution >= 4 is 0 Å². The zero-order valence-corrected chi connectivity index (χ0v) is 14.0. The lowest BCUT2D eigenvalue weighted by Gasteiger charge is -2.28. The van der Waals surface area contributed by atoms with Crippen molar-refractivity contribution in [3.8, 4) is 11.5 Å². The molecule has 1 aromatic carbocycles. The van der Waals surface area contributed by atoms with E-state index < -0.39 is 0 Å². The molecule has 0 spiro atoms. The van der Waals surface area contributed by atoms with Crippen LogP contribution in [0.15, 0.2) is 18.2 Å². The summed E-state index contributed by atoms with van der Waals surface area (Å²) in [6.07, 6.45) is 4.07. The molecule has 1 fully saturated rings. The molecule has 1 aliphatic carbocycles. The lowest BCUT2D eigenvalue weighted by molar-refractivity contribution is 0.0902. The average molecular weight is 307 g/mol. The minimum Gasteiger partial charge on any atom is -0.493 e. The maximum atomic E-state index is 10.0. The van der Waals surface area contributed by atoms with E-state index in [1.807, 2.05) is 18.2 Å². The number of nitrogens with one attached hydrogen (secondary N) is 1. The monoisotopic (exact) mass is 307 g/mol. The highest BCUT2D eigenvalue weighted by molar-refractivity contribution is 5.43. The van der Waals surface area contributed by atoms with Crippen LogP contribution in [-0.2, 0) is 6.54 Å². The van der Waals surface area contributed by atoms with Crippen LogP contribution in [0.2, 0.25) is 0 Å². The molecule has 1 aromatic rings. The van der Waals surface area contributed by atoms with Gasteiger partial charge >= 0.3 is 0 Å². The zero-order chi connectivity index (χ0) is 15.9. The van der Waals surface area contributed by atoms with Gasteiger partial charge in [-0.15, -0.1) is 0 Å². The van der Waals surface area contributed by atoms with Gasteiger partial charge < -0.3 is 19.9 Å². The minimum atomic E-state index is -0.219. The molecule has 0 heterocycles. The fraction of sp³-hybridized carbons (Fsp3) is 0.667. The number of hydrogen-bond donors (Lipinski definition) is 2. The minimum absolute atomic E-state index is 0.205. The molecule has 0 aromatic heterocycles. The van der Waals surface area contributed by atoms with Gasteiger partial charge in [-0.1, -0.05) is 32.8 Å². The molecule has 4 heteroatoms. The smallest absolute Gasteiger partial charge is 0.161 e. The Kier molecular flexibility index (Phi) is 6.52. The summed E-state index contributed by atoms with van der Waals surface area (Å²) in [6.45, 7) is 5.67. The third-order valence-corrected chi connectivity index (χ3v) is 4.10. The Morgan fingerprint density at radius 2 is 2.00 bits per heavy atom. The van der Waals surface area contributed by atoms with E-state index in [1.54, 1.807) is 7.11 Å². The Balaban J connectivity index is 1.96. The van der Waals surface area contributed by atoms with Crippen molar-refractivity contribution in [1.29, 1.82) is 0 Å². The highest BCUT2D eigenvalue weighted by atomic mass is 16.5. The molecule has 124 valence electrons. The van der Waals surface area contributed by atoms with Crippen LogP contribution in [-0.4, -0.2) is 31.0 Å². The zero-order valence-electron chi connectivity index (χ0n) is 14.0. The second kappa shape index (κ2) is 8.39. The van der Waals surface area contributed by atoms with Gasteiger partial charge in [0.25, 0.3) is 0 Å². The maximum Gasteiger partial charge on any atom is 0.161 e. The summed E-state index contributed by atoms with van der Waals surface area (Å²) in [5.74, 6) is 2.03. The van der Waals surface area contributed by atoms with Crippen LogP contribution in [0.4, 0.5) is 0 Å². The molecule has 2 atom stereocenters. The lowest BCUT2D eigenvalue weighted by atomic mass is 9.92. The Labute approximate surface area is 133 Å². The predicted octanol–water partition coefficient (Wildman–Crippen LogP) is 3.12. The van der Waals surface area contributed by atoms with Gasteiger partial charge in [0, 0.05) is 12.6 Å². The van der Waals surface area contributed by atoms with Gasteiger partial charge in [0.1, 0.15) is 0 Å². The number of aliphatic hydroxyl groups is 1. The van der Waals surface area contributed by atoms with E-state index in [0.717, 1.165) is 42.9 Å². The fourth-order valence-corrected chi connectivity index (χ4v) is 2.80. The Hall–Kier alpha value is -1.26. The highest BCUT2D eigenvalue weighted by Gasteiger charge is 2.22. The number of benzene rings is 1. The first-order chi connectivity index (χ1) is 10.6. The third kappa shape index (κ3) is 4.89. The molecular weight excluding hydrogens is 278 g/mol. The van der Waals surface area contributed by atoms with Gasteiger partial charge in [-0.2, -0.15) is 0 Å². The number of rotatable bonds is 7.